The van der Waals surface area contributed by atoms with Gasteiger partial charge in [-0.25, -0.2) is 4.98 Å². The molecule has 0 radical (unpaired) electrons. The van der Waals surface area contributed by atoms with Crippen LogP contribution in [0.4, 0.5) is 5.69 Å². The Labute approximate surface area is 145 Å². The van der Waals surface area contributed by atoms with Gasteiger partial charge in [0.05, 0.1) is 16.5 Å². The molecule has 0 saturated carbocycles. The van der Waals surface area contributed by atoms with Crippen LogP contribution in [0.1, 0.15) is 17.0 Å². The number of rotatable bonds is 3. The maximum absolute atomic E-state index is 12.3. The molecule has 1 N–H and O–H groups in total. The number of aromatic nitrogens is 2. The third kappa shape index (κ3) is 3.43. The van der Waals surface area contributed by atoms with E-state index in [-0.39, 0.29) is 11.4 Å². The van der Waals surface area contributed by atoms with Gasteiger partial charge in [-0.05, 0) is 42.8 Å². The summed E-state index contributed by atoms with van der Waals surface area (Å²) in [5.74, 6) is 0.278. The van der Waals surface area contributed by atoms with Crippen LogP contribution in [0.3, 0.4) is 0 Å². The molecule has 5 nitrogen and oxygen atoms in total. The molecule has 124 valence electrons. The number of nitriles is 1. The number of allylic oxidation sites excluding steroid dienone is 1. The van der Waals surface area contributed by atoms with Crippen molar-refractivity contribution in [3.63, 3.8) is 0 Å². The van der Waals surface area contributed by atoms with Gasteiger partial charge in [0, 0.05) is 19.8 Å². The molecule has 0 amide bonds. The van der Waals surface area contributed by atoms with Crippen molar-refractivity contribution in [2.24, 2.45) is 0 Å². The number of H-pyrrole nitrogens is 1. The molecule has 25 heavy (non-hydrogen) atoms. The predicted octanol–water partition coefficient (Wildman–Crippen LogP) is 3.36. The van der Waals surface area contributed by atoms with Gasteiger partial charge < -0.3 is 9.88 Å². The summed E-state index contributed by atoms with van der Waals surface area (Å²) in [6.45, 7) is 1.92. The molecule has 0 unspecified atom stereocenters. The average molecular weight is 330 g/mol. The van der Waals surface area contributed by atoms with Crippen LogP contribution in [-0.4, -0.2) is 24.1 Å². The SMILES string of the molecule is Cc1ccc2nc(C(C#N)=Cc3ccc(N(C)C)cc3)[nH]c(=O)c2c1. The van der Waals surface area contributed by atoms with Crippen molar-refractivity contribution in [2.75, 3.05) is 19.0 Å². The Bertz CT molecular complexity index is 1050. The number of benzene rings is 2. The summed E-state index contributed by atoms with van der Waals surface area (Å²) < 4.78 is 0. The van der Waals surface area contributed by atoms with Crippen molar-refractivity contribution in [2.45, 2.75) is 6.92 Å². The van der Waals surface area contributed by atoms with E-state index in [2.05, 4.69) is 16.0 Å². The highest BCUT2D eigenvalue weighted by Crippen LogP contribution is 2.18. The van der Waals surface area contributed by atoms with Crippen molar-refractivity contribution >= 4 is 28.2 Å². The summed E-state index contributed by atoms with van der Waals surface area (Å²) in [6.07, 6.45) is 1.72. The van der Waals surface area contributed by atoms with Crippen molar-refractivity contribution < 1.29 is 0 Å². The van der Waals surface area contributed by atoms with Gasteiger partial charge in [-0.3, -0.25) is 4.79 Å². The first-order valence-corrected chi connectivity index (χ1v) is 7.88. The fourth-order valence-corrected chi connectivity index (χ4v) is 2.57. The number of nitrogens with zero attached hydrogens (tertiary/aromatic N) is 3. The molecule has 2 aromatic carbocycles. The van der Waals surface area contributed by atoms with Crippen LogP contribution in [0.2, 0.25) is 0 Å². The van der Waals surface area contributed by atoms with E-state index in [4.69, 9.17) is 0 Å². The molecule has 3 rings (SSSR count). The van der Waals surface area contributed by atoms with E-state index in [0.717, 1.165) is 16.8 Å². The lowest BCUT2D eigenvalue weighted by atomic mass is 10.1. The van der Waals surface area contributed by atoms with Crippen molar-refractivity contribution in [1.82, 2.24) is 9.97 Å². The first-order chi connectivity index (χ1) is 12.0. The van der Waals surface area contributed by atoms with Crippen LogP contribution in [0, 0.1) is 18.3 Å². The van der Waals surface area contributed by atoms with Crippen LogP contribution in [0.5, 0.6) is 0 Å². The Hall–Kier alpha value is -3.39. The van der Waals surface area contributed by atoms with Gasteiger partial charge in [-0.15, -0.1) is 0 Å². The van der Waals surface area contributed by atoms with E-state index in [0.29, 0.717) is 16.5 Å². The molecule has 5 heteroatoms. The zero-order chi connectivity index (χ0) is 18.0. The van der Waals surface area contributed by atoms with E-state index in [1.165, 1.54) is 0 Å². The second-order valence-electron chi connectivity index (χ2n) is 6.09. The first kappa shape index (κ1) is 16.5. The zero-order valence-corrected chi connectivity index (χ0v) is 14.4. The fraction of sp³-hybridized carbons (Fsp3) is 0.150. The number of aromatic amines is 1. The minimum absolute atomic E-state index is 0.243. The minimum Gasteiger partial charge on any atom is -0.378 e. The summed E-state index contributed by atoms with van der Waals surface area (Å²) in [7, 11) is 3.94. The smallest absolute Gasteiger partial charge is 0.259 e. The standard InChI is InChI=1S/C20H18N4O/c1-13-4-9-18-17(10-13)20(25)23-19(22-18)15(12-21)11-14-5-7-16(8-6-14)24(2)3/h4-11H,1-3H3,(H,22,23,25). The predicted molar refractivity (Wildman–Crippen MR) is 101 cm³/mol. The van der Waals surface area contributed by atoms with Crippen LogP contribution < -0.4 is 10.5 Å². The molecule has 0 bridgehead atoms. The lowest BCUT2D eigenvalue weighted by Crippen LogP contribution is -2.11. The third-order valence-corrected chi connectivity index (χ3v) is 3.96. The zero-order valence-electron chi connectivity index (χ0n) is 14.4. The summed E-state index contributed by atoms with van der Waals surface area (Å²) in [5.41, 5.74) is 3.58. The molecule has 0 aliphatic rings. The van der Waals surface area contributed by atoms with E-state index in [9.17, 15) is 10.1 Å². The van der Waals surface area contributed by atoms with Gasteiger partial charge >= 0.3 is 0 Å². The molecule has 0 fully saturated rings. The fourth-order valence-electron chi connectivity index (χ4n) is 2.57. The van der Waals surface area contributed by atoms with Crippen LogP contribution in [-0.2, 0) is 0 Å². The van der Waals surface area contributed by atoms with E-state index in [1.54, 1.807) is 18.2 Å². The second-order valence-corrected chi connectivity index (χ2v) is 6.09. The summed E-state index contributed by atoms with van der Waals surface area (Å²) in [6, 6.07) is 15.4. The number of hydrogen-bond donors (Lipinski definition) is 1. The molecule has 0 aliphatic heterocycles. The number of hydrogen-bond acceptors (Lipinski definition) is 4. The van der Waals surface area contributed by atoms with Gasteiger partial charge in [0.25, 0.3) is 5.56 Å². The third-order valence-electron chi connectivity index (χ3n) is 3.96. The van der Waals surface area contributed by atoms with Gasteiger partial charge in [-0.1, -0.05) is 23.8 Å². The molecule has 0 atom stereocenters. The Balaban J connectivity index is 2.06. The van der Waals surface area contributed by atoms with Crippen LogP contribution >= 0.6 is 0 Å². The lowest BCUT2D eigenvalue weighted by molar-refractivity contribution is 1.13. The van der Waals surface area contributed by atoms with Crippen molar-refractivity contribution in [1.29, 1.82) is 5.26 Å². The monoisotopic (exact) mass is 330 g/mol. The summed E-state index contributed by atoms with van der Waals surface area (Å²) in [4.78, 5) is 21.5. The van der Waals surface area contributed by atoms with E-state index < -0.39 is 0 Å². The molecule has 0 aliphatic carbocycles. The number of aryl methyl sites for hydroxylation is 1. The average Bonchev–Trinajstić information content (AvgIpc) is 2.60. The number of fused-ring (bicyclic) bond motifs is 1. The second kappa shape index (κ2) is 6.62. The minimum atomic E-state index is -0.243. The highest BCUT2D eigenvalue weighted by Gasteiger charge is 2.08. The highest BCUT2D eigenvalue weighted by atomic mass is 16.1. The molecule has 1 heterocycles. The molecular weight excluding hydrogens is 312 g/mol. The van der Waals surface area contributed by atoms with E-state index >= 15 is 0 Å². The van der Waals surface area contributed by atoms with Crippen molar-refractivity contribution in [3.8, 4) is 6.07 Å². The Morgan fingerprint density at radius 3 is 2.56 bits per heavy atom. The largest absolute Gasteiger partial charge is 0.378 e. The highest BCUT2D eigenvalue weighted by molar-refractivity contribution is 5.89. The number of anilines is 1. The van der Waals surface area contributed by atoms with Crippen LogP contribution in [0.25, 0.3) is 22.6 Å². The molecular formula is C20H18N4O. The molecule has 0 saturated heterocycles. The summed E-state index contributed by atoms with van der Waals surface area (Å²) in [5, 5.41) is 10.0. The quantitative estimate of drug-likeness (QED) is 0.747. The Kier molecular flexibility index (Phi) is 4.36. The number of nitrogens with one attached hydrogen (secondary N) is 1. The summed E-state index contributed by atoms with van der Waals surface area (Å²) >= 11 is 0. The van der Waals surface area contributed by atoms with Gasteiger partial charge in [-0.2, -0.15) is 5.26 Å². The maximum atomic E-state index is 12.3. The Morgan fingerprint density at radius 2 is 1.92 bits per heavy atom. The Morgan fingerprint density at radius 1 is 1.20 bits per heavy atom. The molecule has 1 aromatic heterocycles. The molecule has 0 spiro atoms. The van der Waals surface area contributed by atoms with E-state index in [1.807, 2.05) is 56.3 Å². The maximum Gasteiger partial charge on any atom is 0.259 e. The first-order valence-electron chi connectivity index (χ1n) is 7.88. The topological polar surface area (TPSA) is 72.8 Å². The lowest BCUT2D eigenvalue weighted by Gasteiger charge is -2.11. The van der Waals surface area contributed by atoms with Gasteiger partial charge in [0.1, 0.15) is 6.07 Å². The molecule has 3 aromatic rings. The van der Waals surface area contributed by atoms with Crippen LogP contribution in [0.15, 0.2) is 47.3 Å². The van der Waals surface area contributed by atoms with Gasteiger partial charge in [0.15, 0.2) is 5.82 Å². The van der Waals surface area contributed by atoms with Gasteiger partial charge in [0.2, 0.25) is 0 Å². The normalized spacial score (nSPS) is 11.4. The van der Waals surface area contributed by atoms with Crippen molar-refractivity contribution in [3.05, 3.63) is 69.8 Å².